The third-order valence-electron chi connectivity index (χ3n) is 5.02. The first-order valence-corrected chi connectivity index (χ1v) is 12.0. The van der Waals surface area contributed by atoms with Gasteiger partial charge in [0.1, 0.15) is 23.1 Å². The molecule has 8 nitrogen and oxygen atoms in total. The number of aryl methyl sites for hydroxylation is 1. The number of carbonyl (C=O) groups is 1. The molecule has 2 aromatic carbocycles. The fraction of sp³-hybridized carbons (Fsp3) is 0.208. The smallest absolute Gasteiger partial charge is 0.248 e. The molecule has 0 unspecified atom stereocenters. The van der Waals surface area contributed by atoms with Gasteiger partial charge < -0.3 is 19.2 Å². The highest BCUT2D eigenvalue weighted by Gasteiger charge is 2.27. The van der Waals surface area contributed by atoms with E-state index in [1.807, 2.05) is 0 Å². The molecule has 1 fully saturated rings. The summed E-state index contributed by atoms with van der Waals surface area (Å²) in [5, 5.41) is 2.66. The van der Waals surface area contributed by atoms with Crippen LogP contribution in [0.5, 0.6) is 11.5 Å². The third-order valence-corrected chi connectivity index (χ3v) is 6.91. The molecule has 0 aliphatic carbocycles. The number of nitrogens with one attached hydrogen (secondary N) is 1. The minimum atomic E-state index is -3.80. The summed E-state index contributed by atoms with van der Waals surface area (Å²) < 4.78 is 57.2. The Kier molecular flexibility index (Phi) is 7.11. The number of halogens is 1. The van der Waals surface area contributed by atoms with Crippen LogP contribution < -0.4 is 10.1 Å². The number of ether oxygens (including phenoxy) is 2. The molecule has 1 amide bonds. The van der Waals surface area contributed by atoms with Gasteiger partial charge >= 0.3 is 0 Å². The first kappa shape index (κ1) is 23.7. The van der Waals surface area contributed by atoms with Crippen LogP contribution in [-0.4, -0.2) is 44.9 Å². The molecule has 0 saturated carbocycles. The van der Waals surface area contributed by atoms with E-state index in [-0.39, 0.29) is 29.4 Å². The highest BCUT2D eigenvalue weighted by atomic mass is 32.2. The van der Waals surface area contributed by atoms with Crippen molar-refractivity contribution in [3.63, 3.8) is 0 Å². The fourth-order valence-electron chi connectivity index (χ4n) is 3.30. The van der Waals surface area contributed by atoms with Crippen molar-refractivity contribution >= 4 is 27.7 Å². The maximum absolute atomic E-state index is 13.3. The molecule has 178 valence electrons. The van der Waals surface area contributed by atoms with Crippen molar-refractivity contribution in [1.82, 2.24) is 4.31 Å². The molecular formula is C24H23FN2O6S. The standard InChI is InChI=1S/C24H23FN2O6S/c1-17-2-5-19(32-17)8-11-24(28)26-22-16-21(34(29,30)27-12-14-31-15-13-27)9-10-23(22)33-20-6-3-18(25)4-7-20/h2-11,16H,12-15H2,1H3,(H,26,28)/b11-8+. The van der Waals surface area contributed by atoms with Gasteiger partial charge in [-0.05, 0) is 67.6 Å². The fourth-order valence-corrected chi connectivity index (χ4v) is 4.73. The average molecular weight is 487 g/mol. The van der Waals surface area contributed by atoms with Gasteiger partial charge in [0.05, 0.1) is 23.8 Å². The van der Waals surface area contributed by atoms with Gasteiger partial charge in [-0.15, -0.1) is 0 Å². The van der Waals surface area contributed by atoms with Crippen molar-refractivity contribution in [2.24, 2.45) is 0 Å². The van der Waals surface area contributed by atoms with E-state index in [1.165, 1.54) is 58.9 Å². The maximum Gasteiger partial charge on any atom is 0.248 e. The van der Waals surface area contributed by atoms with E-state index < -0.39 is 21.7 Å². The largest absolute Gasteiger partial charge is 0.462 e. The topological polar surface area (TPSA) is 98.1 Å². The summed E-state index contributed by atoms with van der Waals surface area (Å²) in [6.45, 7) is 2.89. The molecule has 10 heteroatoms. The summed E-state index contributed by atoms with van der Waals surface area (Å²) in [5.41, 5.74) is 0.143. The Morgan fingerprint density at radius 2 is 1.82 bits per heavy atom. The molecule has 0 bridgehead atoms. The number of benzene rings is 2. The maximum atomic E-state index is 13.3. The quantitative estimate of drug-likeness (QED) is 0.503. The number of nitrogens with zero attached hydrogens (tertiary/aromatic N) is 1. The van der Waals surface area contributed by atoms with Gasteiger partial charge in [-0.3, -0.25) is 4.79 Å². The number of carbonyl (C=O) groups excluding carboxylic acids is 1. The van der Waals surface area contributed by atoms with Crippen LogP contribution in [0.1, 0.15) is 11.5 Å². The molecule has 4 rings (SSSR count). The van der Waals surface area contributed by atoms with E-state index in [0.29, 0.717) is 30.5 Å². The summed E-state index contributed by atoms with van der Waals surface area (Å²) in [6, 6.07) is 13.0. The van der Waals surface area contributed by atoms with Crippen LogP contribution in [0.2, 0.25) is 0 Å². The van der Waals surface area contributed by atoms with Gasteiger partial charge in [-0.25, -0.2) is 12.8 Å². The Morgan fingerprint density at radius 1 is 1.09 bits per heavy atom. The normalized spacial score (nSPS) is 14.9. The van der Waals surface area contributed by atoms with E-state index >= 15 is 0 Å². The Hall–Kier alpha value is -3.47. The van der Waals surface area contributed by atoms with Gasteiger partial charge in [0.2, 0.25) is 15.9 Å². The van der Waals surface area contributed by atoms with Crippen LogP contribution in [0.25, 0.3) is 6.08 Å². The Morgan fingerprint density at radius 3 is 2.50 bits per heavy atom. The van der Waals surface area contributed by atoms with Crippen molar-refractivity contribution in [3.8, 4) is 11.5 Å². The molecular weight excluding hydrogens is 463 g/mol. The number of hydrogen-bond donors (Lipinski definition) is 1. The number of anilines is 1. The van der Waals surface area contributed by atoms with Gasteiger partial charge in [-0.2, -0.15) is 4.31 Å². The number of sulfonamides is 1. The van der Waals surface area contributed by atoms with Crippen molar-refractivity contribution in [1.29, 1.82) is 0 Å². The molecule has 3 aromatic rings. The second kappa shape index (κ2) is 10.2. The second-order valence-corrected chi connectivity index (χ2v) is 9.44. The molecule has 34 heavy (non-hydrogen) atoms. The minimum absolute atomic E-state index is 0.00166. The lowest BCUT2D eigenvalue weighted by molar-refractivity contribution is -0.111. The lowest BCUT2D eigenvalue weighted by atomic mass is 10.2. The second-order valence-electron chi connectivity index (χ2n) is 7.50. The predicted molar refractivity (Wildman–Crippen MR) is 124 cm³/mol. The van der Waals surface area contributed by atoms with Crippen molar-refractivity contribution in [2.45, 2.75) is 11.8 Å². The van der Waals surface area contributed by atoms with E-state index in [0.717, 1.165) is 0 Å². The lowest BCUT2D eigenvalue weighted by Gasteiger charge is -2.26. The number of rotatable bonds is 7. The molecule has 1 saturated heterocycles. The van der Waals surface area contributed by atoms with E-state index in [4.69, 9.17) is 13.9 Å². The summed E-state index contributed by atoms with van der Waals surface area (Å²) in [6.07, 6.45) is 2.76. The van der Waals surface area contributed by atoms with Crippen LogP contribution in [0.3, 0.4) is 0 Å². The third kappa shape index (κ3) is 5.71. The Balaban J connectivity index is 1.63. The number of furan rings is 1. The molecule has 0 radical (unpaired) electrons. The van der Waals surface area contributed by atoms with Gasteiger partial charge in [0.15, 0.2) is 5.75 Å². The SMILES string of the molecule is Cc1ccc(/C=C/C(=O)Nc2cc(S(=O)(=O)N3CCOCC3)ccc2Oc2ccc(F)cc2)o1. The van der Waals surface area contributed by atoms with Crippen molar-refractivity contribution in [3.05, 3.63) is 78.0 Å². The van der Waals surface area contributed by atoms with E-state index in [2.05, 4.69) is 5.32 Å². The molecule has 1 aliphatic heterocycles. The van der Waals surface area contributed by atoms with Crippen LogP contribution in [0, 0.1) is 12.7 Å². The molecule has 0 atom stereocenters. The van der Waals surface area contributed by atoms with E-state index in [1.54, 1.807) is 19.1 Å². The highest BCUT2D eigenvalue weighted by Crippen LogP contribution is 2.33. The first-order chi connectivity index (χ1) is 16.3. The molecule has 1 aromatic heterocycles. The van der Waals surface area contributed by atoms with Gasteiger partial charge in [-0.1, -0.05) is 0 Å². The van der Waals surface area contributed by atoms with Crippen LogP contribution in [0.15, 0.2) is 70.0 Å². The Labute approximate surface area is 196 Å². The summed E-state index contributed by atoms with van der Waals surface area (Å²) in [7, 11) is -3.80. The average Bonchev–Trinajstić information content (AvgIpc) is 3.26. The monoisotopic (exact) mass is 486 g/mol. The van der Waals surface area contributed by atoms with Crippen LogP contribution in [-0.2, 0) is 19.6 Å². The number of morpholine rings is 1. The summed E-state index contributed by atoms with van der Waals surface area (Å²) in [4.78, 5) is 12.6. The minimum Gasteiger partial charge on any atom is -0.462 e. The van der Waals surface area contributed by atoms with Crippen molar-refractivity contribution < 1.29 is 31.5 Å². The first-order valence-electron chi connectivity index (χ1n) is 10.5. The molecule has 2 heterocycles. The zero-order chi connectivity index (χ0) is 24.1. The summed E-state index contributed by atoms with van der Waals surface area (Å²) >= 11 is 0. The van der Waals surface area contributed by atoms with Crippen molar-refractivity contribution in [2.75, 3.05) is 31.6 Å². The lowest BCUT2D eigenvalue weighted by Crippen LogP contribution is -2.40. The zero-order valence-corrected chi connectivity index (χ0v) is 19.2. The predicted octanol–water partition coefficient (Wildman–Crippen LogP) is 4.19. The Bertz CT molecular complexity index is 1300. The number of amides is 1. The van der Waals surface area contributed by atoms with Crippen LogP contribution in [0.4, 0.5) is 10.1 Å². The number of hydrogen-bond acceptors (Lipinski definition) is 6. The highest BCUT2D eigenvalue weighted by molar-refractivity contribution is 7.89. The van der Waals surface area contributed by atoms with Crippen LogP contribution >= 0.6 is 0 Å². The van der Waals surface area contributed by atoms with E-state index in [9.17, 15) is 17.6 Å². The summed E-state index contributed by atoms with van der Waals surface area (Å²) in [5.74, 6) is 0.783. The van der Waals surface area contributed by atoms with Gasteiger partial charge in [0.25, 0.3) is 0 Å². The molecule has 1 N–H and O–H groups in total. The molecule has 1 aliphatic rings. The van der Waals surface area contributed by atoms with Gasteiger partial charge in [0, 0.05) is 19.2 Å². The zero-order valence-electron chi connectivity index (χ0n) is 18.4. The molecule has 0 spiro atoms.